The Kier molecular flexibility index (Phi) is 5.57. The van der Waals surface area contributed by atoms with E-state index in [0.717, 1.165) is 48.9 Å². The lowest BCUT2D eigenvalue weighted by molar-refractivity contribution is 0.188. The summed E-state index contributed by atoms with van der Waals surface area (Å²) < 4.78 is 13.4. The number of β-amino-alcohol motifs (C(OH)–C–C–N with tert-alkyl or cyclic N) is 1. The van der Waals surface area contributed by atoms with Gasteiger partial charge in [0.1, 0.15) is 17.5 Å². The largest absolute Gasteiger partial charge is 0.395 e. The number of aliphatic hydroxyl groups is 1. The molecule has 0 bridgehead atoms. The highest BCUT2D eigenvalue weighted by Gasteiger charge is 2.18. The van der Waals surface area contributed by atoms with Crippen molar-refractivity contribution in [2.24, 2.45) is 0 Å². The number of nitrogens with one attached hydrogen (secondary N) is 1. The van der Waals surface area contributed by atoms with Crippen molar-refractivity contribution in [1.82, 2.24) is 19.9 Å². The Bertz CT molecular complexity index is 955. The number of hydrogen-bond donors (Lipinski definition) is 2. The van der Waals surface area contributed by atoms with Gasteiger partial charge in [-0.1, -0.05) is 11.6 Å². The Balaban J connectivity index is 1.52. The van der Waals surface area contributed by atoms with E-state index in [-0.39, 0.29) is 11.6 Å². The summed E-state index contributed by atoms with van der Waals surface area (Å²) in [6.45, 7) is 4.45. The van der Waals surface area contributed by atoms with Crippen molar-refractivity contribution in [2.45, 2.75) is 0 Å². The van der Waals surface area contributed by atoms with E-state index in [1.807, 2.05) is 12.1 Å². The number of piperazine rings is 1. The molecule has 8 heteroatoms. The van der Waals surface area contributed by atoms with Gasteiger partial charge in [-0.2, -0.15) is 0 Å². The zero-order valence-electron chi connectivity index (χ0n) is 15.3. The van der Waals surface area contributed by atoms with E-state index in [0.29, 0.717) is 12.2 Å². The number of rotatable bonds is 5. The van der Waals surface area contributed by atoms with Crippen LogP contribution in [0.4, 0.5) is 10.2 Å². The van der Waals surface area contributed by atoms with Gasteiger partial charge in [-0.15, -0.1) is 0 Å². The molecule has 0 saturated carbocycles. The summed E-state index contributed by atoms with van der Waals surface area (Å²) in [6, 6.07) is 8.49. The monoisotopic (exact) mass is 401 g/mol. The van der Waals surface area contributed by atoms with Crippen LogP contribution in [0, 0.1) is 5.82 Å². The van der Waals surface area contributed by atoms with E-state index in [1.54, 1.807) is 24.5 Å². The van der Waals surface area contributed by atoms with Gasteiger partial charge in [-0.05, 0) is 30.3 Å². The van der Waals surface area contributed by atoms with Crippen molar-refractivity contribution < 1.29 is 9.50 Å². The van der Waals surface area contributed by atoms with Crippen molar-refractivity contribution in [2.75, 3.05) is 44.2 Å². The second kappa shape index (κ2) is 8.26. The molecular weight excluding hydrogens is 381 g/mol. The summed E-state index contributed by atoms with van der Waals surface area (Å²) in [6.07, 6.45) is 3.56. The molecule has 0 atom stereocenters. The highest BCUT2D eigenvalue weighted by molar-refractivity contribution is 6.31. The normalized spacial score (nSPS) is 15.2. The fraction of sp³-hybridized carbons (Fsp3) is 0.300. The number of aromatic nitrogens is 3. The zero-order valence-corrected chi connectivity index (χ0v) is 16.0. The molecule has 0 radical (unpaired) electrons. The van der Waals surface area contributed by atoms with Gasteiger partial charge in [-0.25, -0.2) is 14.4 Å². The second-order valence-electron chi connectivity index (χ2n) is 6.72. The van der Waals surface area contributed by atoms with Gasteiger partial charge in [0.25, 0.3) is 0 Å². The predicted octanol–water partition coefficient (Wildman–Crippen LogP) is 3.05. The average Bonchev–Trinajstić information content (AvgIpc) is 3.21. The first-order valence-corrected chi connectivity index (χ1v) is 9.57. The molecule has 1 aliphatic heterocycles. The van der Waals surface area contributed by atoms with Crippen LogP contribution in [0.1, 0.15) is 0 Å². The predicted molar refractivity (Wildman–Crippen MR) is 108 cm³/mol. The number of aliphatic hydroxyl groups excluding tert-OH is 1. The minimum absolute atomic E-state index is 0.0774. The minimum Gasteiger partial charge on any atom is -0.395 e. The molecule has 3 heterocycles. The maximum atomic E-state index is 13.4. The molecule has 2 aromatic heterocycles. The van der Waals surface area contributed by atoms with Crippen molar-refractivity contribution in [3.05, 3.63) is 53.6 Å². The van der Waals surface area contributed by atoms with Crippen LogP contribution in [0.15, 0.2) is 42.7 Å². The standard InChI is InChI=1S/C20H21ClFN5O/c21-16-11-14(1-2-17(16)22)18-13-24-20(25-18)15-3-4-23-19(12-15)27-7-5-26(6-8-27)9-10-28/h1-4,11-13,28H,5-10H2,(H,24,25). The molecule has 1 aliphatic rings. The SMILES string of the molecule is OCCN1CCN(c2cc(-c3nc(-c4ccc(F)c(Cl)c4)c[nH]3)ccn2)CC1. The van der Waals surface area contributed by atoms with E-state index in [2.05, 4.69) is 24.8 Å². The van der Waals surface area contributed by atoms with Crippen LogP contribution >= 0.6 is 11.6 Å². The number of H-pyrrole nitrogens is 1. The van der Waals surface area contributed by atoms with E-state index in [9.17, 15) is 4.39 Å². The number of pyridine rings is 1. The van der Waals surface area contributed by atoms with Gasteiger partial charge in [0.05, 0.1) is 17.3 Å². The molecule has 1 aromatic carbocycles. The number of benzene rings is 1. The van der Waals surface area contributed by atoms with Crippen molar-refractivity contribution >= 4 is 17.4 Å². The lowest BCUT2D eigenvalue weighted by Crippen LogP contribution is -2.47. The van der Waals surface area contributed by atoms with Gasteiger partial charge in [-0.3, -0.25) is 4.90 Å². The first kappa shape index (κ1) is 18.9. The highest BCUT2D eigenvalue weighted by atomic mass is 35.5. The second-order valence-corrected chi connectivity index (χ2v) is 7.13. The molecule has 2 N–H and O–H groups in total. The third kappa shape index (κ3) is 4.01. The van der Waals surface area contributed by atoms with Gasteiger partial charge >= 0.3 is 0 Å². The number of aromatic amines is 1. The average molecular weight is 402 g/mol. The van der Waals surface area contributed by atoms with Gasteiger partial charge in [0.2, 0.25) is 0 Å². The summed E-state index contributed by atoms with van der Waals surface area (Å²) in [5.74, 6) is 1.18. The van der Waals surface area contributed by atoms with Crippen molar-refractivity contribution in [1.29, 1.82) is 0 Å². The molecule has 6 nitrogen and oxygen atoms in total. The van der Waals surface area contributed by atoms with Crippen LogP contribution in [0.2, 0.25) is 5.02 Å². The summed E-state index contributed by atoms with van der Waals surface area (Å²) in [4.78, 5) is 16.8. The van der Waals surface area contributed by atoms with Crippen molar-refractivity contribution in [3.63, 3.8) is 0 Å². The van der Waals surface area contributed by atoms with E-state index < -0.39 is 5.82 Å². The number of anilines is 1. The molecule has 1 saturated heterocycles. The molecule has 0 amide bonds. The van der Waals surface area contributed by atoms with E-state index >= 15 is 0 Å². The van der Waals surface area contributed by atoms with E-state index in [4.69, 9.17) is 16.7 Å². The molecule has 0 unspecified atom stereocenters. The van der Waals surface area contributed by atoms with Gasteiger partial charge in [0.15, 0.2) is 0 Å². The number of imidazole rings is 1. The Labute approximate surface area is 167 Å². The quantitative estimate of drug-likeness (QED) is 0.687. The Morgan fingerprint density at radius 2 is 1.93 bits per heavy atom. The molecule has 4 rings (SSSR count). The summed E-state index contributed by atoms with van der Waals surface area (Å²) in [5, 5.41) is 9.15. The van der Waals surface area contributed by atoms with E-state index in [1.165, 1.54) is 6.07 Å². The van der Waals surface area contributed by atoms with Crippen LogP contribution in [-0.4, -0.2) is 64.3 Å². The molecule has 1 fully saturated rings. The van der Waals surface area contributed by atoms with Crippen LogP contribution < -0.4 is 4.90 Å². The topological polar surface area (TPSA) is 68.3 Å². The number of hydrogen-bond acceptors (Lipinski definition) is 5. The van der Waals surface area contributed by atoms with Crippen LogP contribution in [0.3, 0.4) is 0 Å². The Morgan fingerprint density at radius 3 is 2.68 bits per heavy atom. The molecule has 0 aliphatic carbocycles. The highest BCUT2D eigenvalue weighted by Crippen LogP contribution is 2.27. The third-order valence-electron chi connectivity index (χ3n) is 4.92. The molecule has 0 spiro atoms. The Hall–Kier alpha value is -2.48. The molecule has 146 valence electrons. The maximum Gasteiger partial charge on any atom is 0.141 e. The fourth-order valence-corrected chi connectivity index (χ4v) is 3.53. The van der Waals surface area contributed by atoms with Crippen molar-refractivity contribution in [3.8, 4) is 22.6 Å². The first-order chi connectivity index (χ1) is 13.6. The molecular formula is C20H21ClFN5O. The minimum atomic E-state index is -0.445. The summed E-state index contributed by atoms with van der Waals surface area (Å²) in [5.41, 5.74) is 2.39. The van der Waals surface area contributed by atoms with Crippen LogP contribution in [0.5, 0.6) is 0 Å². The fourth-order valence-electron chi connectivity index (χ4n) is 3.35. The number of nitrogens with zero attached hydrogens (tertiary/aromatic N) is 4. The summed E-state index contributed by atoms with van der Waals surface area (Å²) >= 11 is 5.88. The van der Waals surface area contributed by atoms with Crippen LogP contribution in [-0.2, 0) is 0 Å². The Morgan fingerprint density at radius 1 is 1.11 bits per heavy atom. The smallest absolute Gasteiger partial charge is 0.141 e. The molecule has 28 heavy (non-hydrogen) atoms. The van der Waals surface area contributed by atoms with Gasteiger partial charge < -0.3 is 15.0 Å². The van der Waals surface area contributed by atoms with Crippen LogP contribution in [0.25, 0.3) is 22.6 Å². The number of halogens is 2. The summed E-state index contributed by atoms with van der Waals surface area (Å²) in [7, 11) is 0. The lowest BCUT2D eigenvalue weighted by atomic mass is 10.2. The maximum absolute atomic E-state index is 13.4. The lowest BCUT2D eigenvalue weighted by Gasteiger charge is -2.35. The molecule has 3 aromatic rings. The van der Waals surface area contributed by atoms with Gasteiger partial charge in [0, 0.05) is 56.2 Å². The first-order valence-electron chi connectivity index (χ1n) is 9.19. The third-order valence-corrected chi connectivity index (χ3v) is 5.21. The zero-order chi connectivity index (χ0) is 19.5.